The largest absolute Gasteiger partial charge is 0.462 e. The zero-order valence-electron chi connectivity index (χ0n) is 22.9. The van der Waals surface area contributed by atoms with Gasteiger partial charge in [-0.25, -0.2) is 18.9 Å². The van der Waals surface area contributed by atoms with Crippen molar-refractivity contribution in [3.8, 4) is 5.75 Å². The van der Waals surface area contributed by atoms with Gasteiger partial charge in [-0.2, -0.15) is 9.97 Å². The van der Waals surface area contributed by atoms with Crippen molar-refractivity contribution in [3.05, 3.63) is 36.7 Å². The van der Waals surface area contributed by atoms with Gasteiger partial charge >= 0.3 is 12.6 Å². The molecule has 1 fully saturated rings. The molecule has 1 saturated heterocycles. The van der Waals surface area contributed by atoms with Crippen molar-refractivity contribution in [2.75, 3.05) is 24.7 Å². The molecule has 41 heavy (non-hydrogen) atoms. The number of nitrogen functional groups attached to an aromatic ring is 1. The number of rotatable bonds is 11. The summed E-state index contributed by atoms with van der Waals surface area (Å²) in [6.45, 7) is 1.01. The molecule has 0 spiro atoms. The lowest BCUT2D eigenvalue weighted by atomic mass is 9.97. The van der Waals surface area contributed by atoms with Crippen LogP contribution in [0.15, 0.2) is 36.7 Å². The van der Waals surface area contributed by atoms with E-state index in [0.29, 0.717) is 0 Å². The molecule has 0 bridgehead atoms. The highest BCUT2D eigenvalue weighted by Crippen LogP contribution is 2.52. The first-order valence-electron chi connectivity index (χ1n) is 12.6. The first-order valence-corrected chi connectivity index (χ1v) is 15.2. The number of nitrogens with zero attached hydrogens (tertiary/aromatic N) is 4. The average molecular weight is 616 g/mol. The van der Waals surface area contributed by atoms with Crippen molar-refractivity contribution in [2.24, 2.45) is 0 Å². The summed E-state index contributed by atoms with van der Waals surface area (Å²) in [6.07, 6.45) is -3.31. The van der Waals surface area contributed by atoms with Crippen LogP contribution in [0.3, 0.4) is 0 Å². The predicted octanol–water partition coefficient (Wildman–Crippen LogP) is 2.98. The number of carbonyl (C=O) groups excluding carboxylic acids is 1. The molecule has 17 heteroatoms. The molecule has 224 valence electrons. The number of esters is 1. The molecule has 3 aromatic rings. The van der Waals surface area contributed by atoms with E-state index in [9.17, 15) is 9.90 Å². The fourth-order valence-corrected chi connectivity index (χ4v) is 6.55. The fourth-order valence-electron chi connectivity index (χ4n) is 4.15. The number of aromatic nitrogens is 4. The molecule has 0 amide bonds. The molecule has 0 unspecified atom stereocenters. The Morgan fingerprint density at radius 1 is 1.29 bits per heavy atom. The lowest BCUT2D eigenvalue weighted by Crippen LogP contribution is -2.47. The van der Waals surface area contributed by atoms with Gasteiger partial charge < -0.3 is 34.7 Å². The van der Waals surface area contributed by atoms with E-state index in [-0.39, 0.29) is 28.7 Å². The third-order valence-corrected chi connectivity index (χ3v) is 8.60. The Bertz CT molecular complexity index is 1450. The fraction of sp³-hybridized carbons (Fsp3) is 0.500. The highest BCUT2D eigenvalue weighted by Gasteiger charge is 2.65. The summed E-state index contributed by atoms with van der Waals surface area (Å²) in [4.78, 5) is 24.7. The highest BCUT2D eigenvalue weighted by molar-refractivity contribution is 8.09. The first kappa shape index (κ1) is 30.9. The van der Waals surface area contributed by atoms with Crippen LogP contribution in [-0.2, 0) is 30.6 Å². The lowest BCUT2D eigenvalue weighted by molar-refractivity contribution is -0.202. The molecule has 1 aliphatic rings. The summed E-state index contributed by atoms with van der Waals surface area (Å²) in [7, 11) is 1.58. The van der Waals surface area contributed by atoms with Gasteiger partial charge in [0.2, 0.25) is 5.95 Å². The van der Waals surface area contributed by atoms with Crippen molar-refractivity contribution < 1.29 is 37.2 Å². The minimum absolute atomic E-state index is 0.0461. The van der Waals surface area contributed by atoms with Gasteiger partial charge in [-0.3, -0.25) is 9.36 Å². The van der Waals surface area contributed by atoms with Crippen molar-refractivity contribution in [3.63, 3.8) is 0 Å². The lowest BCUT2D eigenvalue weighted by Gasteiger charge is -2.30. The number of anilines is 2. The molecule has 3 heterocycles. The van der Waals surface area contributed by atoms with Crippen molar-refractivity contribution in [1.29, 1.82) is 0 Å². The number of nitrogens with one attached hydrogen (secondary N) is 2. The van der Waals surface area contributed by atoms with Gasteiger partial charge in [-0.15, -0.1) is 0 Å². The summed E-state index contributed by atoms with van der Waals surface area (Å²) >= 11 is 5.58. The second kappa shape index (κ2) is 11.7. The Morgan fingerprint density at radius 2 is 1.98 bits per heavy atom. The maximum atomic E-state index is 16.3. The maximum Gasteiger partial charge on any atom is 0.323 e. The Balaban J connectivity index is 1.61. The number of hydrogen-bond acceptors (Lipinski definition) is 12. The van der Waals surface area contributed by atoms with Gasteiger partial charge in [0, 0.05) is 7.05 Å². The van der Waals surface area contributed by atoms with Crippen molar-refractivity contribution in [2.45, 2.75) is 63.7 Å². The van der Waals surface area contributed by atoms with E-state index >= 15 is 8.78 Å². The molecule has 0 aliphatic carbocycles. The minimum Gasteiger partial charge on any atom is -0.462 e. The Morgan fingerprint density at radius 3 is 2.61 bits per heavy atom. The zero-order valence-corrected chi connectivity index (χ0v) is 24.7. The van der Waals surface area contributed by atoms with Crippen LogP contribution in [0.25, 0.3) is 11.2 Å². The second-order valence-electron chi connectivity index (χ2n) is 9.83. The van der Waals surface area contributed by atoms with Crippen LogP contribution in [0, 0.1) is 0 Å². The standard InChI is InChI=1S/C24H32F2N7O6PS/c1-13(2)37-19(34)14(3)32-40(41,39-15-9-7-6-8-10-15)36-11-24(26)20(35)23(4,25)21(38-24)33-12-29-16-17(28-5)30-22(27)31-18(16)33/h6-10,12-14,20-21,35H,11H2,1-5H3,(H,32,41)(H3,27,28,30,31)/t14-,20-,21+,23+,24+,40-/m0/s1. The molecule has 2 aromatic heterocycles. The number of para-hydroxylation sites is 1. The molecular weight excluding hydrogens is 583 g/mol. The minimum atomic E-state index is -3.73. The number of benzene rings is 1. The van der Waals surface area contributed by atoms with Crippen LogP contribution in [0.2, 0.25) is 0 Å². The number of halogens is 2. The van der Waals surface area contributed by atoms with Gasteiger partial charge in [0.1, 0.15) is 18.4 Å². The summed E-state index contributed by atoms with van der Waals surface area (Å²) < 4.78 is 55.6. The van der Waals surface area contributed by atoms with Crippen LogP contribution in [0.4, 0.5) is 20.5 Å². The van der Waals surface area contributed by atoms with Crippen molar-refractivity contribution in [1.82, 2.24) is 24.6 Å². The number of hydrogen-bond donors (Lipinski definition) is 4. The van der Waals surface area contributed by atoms with Crippen LogP contribution in [0.1, 0.15) is 33.9 Å². The topological polar surface area (TPSA) is 168 Å². The summed E-state index contributed by atoms with van der Waals surface area (Å²) in [5, 5.41) is 16.4. The van der Waals surface area contributed by atoms with Gasteiger partial charge in [0.05, 0.1) is 12.4 Å². The van der Waals surface area contributed by atoms with E-state index in [1.54, 1.807) is 51.2 Å². The zero-order chi connectivity index (χ0) is 30.2. The van der Waals surface area contributed by atoms with E-state index in [0.717, 1.165) is 11.5 Å². The number of aliphatic hydroxyl groups excluding tert-OH is 1. The third kappa shape index (κ3) is 6.42. The monoisotopic (exact) mass is 615 g/mol. The number of imidazole rings is 1. The summed E-state index contributed by atoms with van der Waals surface area (Å²) in [5.41, 5.74) is 3.35. The number of aliphatic hydroxyl groups is 1. The predicted molar refractivity (Wildman–Crippen MR) is 150 cm³/mol. The van der Waals surface area contributed by atoms with Crippen molar-refractivity contribution >= 4 is 47.3 Å². The Labute approximate surface area is 240 Å². The molecule has 1 aliphatic heterocycles. The summed E-state index contributed by atoms with van der Waals surface area (Å²) in [5.74, 6) is -3.37. The highest BCUT2D eigenvalue weighted by atomic mass is 32.5. The van der Waals surface area contributed by atoms with Crippen LogP contribution in [-0.4, -0.2) is 74.0 Å². The number of fused-ring (bicyclic) bond motifs is 1. The van der Waals surface area contributed by atoms with Gasteiger partial charge in [-0.05, 0) is 51.6 Å². The van der Waals surface area contributed by atoms with Gasteiger partial charge in [0.15, 0.2) is 35.0 Å². The number of carbonyl (C=O) groups is 1. The third-order valence-electron chi connectivity index (χ3n) is 6.12. The van der Waals surface area contributed by atoms with E-state index in [2.05, 4.69) is 25.4 Å². The second-order valence-corrected chi connectivity index (χ2v) is 13.0. The van der Waals surface area contributed by atoms with E-state index in [4.69, 9.17) is 36.1 Å². The quantitative estimate of drug-likeness (QED) is 0.184. The summed E-state index contributed by atoms with van der Waals surface area (Å²) in [6, 6.07) is 7.25. The Kier molecular flexibility index (Phi) is 8.83. The maximum absolute atomic E-state index is 16.3. The van der Waals surface area contributed by atoms with Crippen LogP contribution in [0.5, 0.6) is 5.75 Å². The van der Waals surface area contributed by atoms with Crippen LogP contribution >= 0.6 is 6.64 Å². The van der Waals surface area contributed by atoms with Gasteiger partial charge in [-0.1, -0.05) is 18.2 Å². The molecule has 0 saturated carbocycles. The molecular formula is C24H32F2N7O6PS. The molecule has 4 rings (SSSR count). The molecule has 0 radical (unpaired) electrons. The number of ether oxygens (including phenoxy) is 2. The molecule has 6 atom stereocenters. The smallest absolute Gasteiger partial charge is 0.323 e. The molecule has 5 N–H and O–H groups in total. The normalized spacial score (nSPS) is 26.6. The Hall–Kier alpha value is -3.01. The van der Waals surface area contributed by atoms with E-state index in [1.807, 2.05) is 0 Å². The number of alkyl halides is 2. The first-order chi connectivity index (χ1) is 19.2. The van der Waals surface area contributed by atoms with Crippen LogP contribution < -0.4 is 20.7 Å². The van der Waals surface area contributed by atoms with E-state index in [1.165, 1.54) is 13.3 Å². The molecule has 13 nitrogen and oxygen atoms in total. The van der Waals surface area contributed by atoms with E-state index < -0.39 is 55.2 Å². The average Bonchev–Trinajstić information content (AvgIpc) is 3.39. The van der Waals surface area contributed by atoms with Gasteiger partial charge in [0.25, 0.3) is 5.85 Å². The molecule has 1 aromatic carbocycles. The number of nitrogens with two attached hydrogens (primary N) is 1. The SMILES string of the molecule is CNc1nc(N)nc2c1ncn2[C@@H]1O[C@](F)(CO[P@@](=S)(N[C@@H](C)C(=O)OC(C)C)Oc2ccccc2)[C@@H](O)[C@@]1(C)F.